The summed E-state index contributed by atoms with van der Waals surface area (Å²) in [6.07, 6.45) is 5.09. The predicted molar refractivity (Wildman–Crippen MR) is 52.3 cm³/mol. The van der Waals surface area contributed by atoms with E-state index in [2.05, 4.69) is 29.6 Å². The first kappa shape index (κ1) is 11.2. The lowest BCUT2D eigenvalue weighted by Crippen LogP contribution is -2.30. The number of carbonyl (C=O) groups is 1. The molecule has 2 nitrogen and oxygen atoms in total. The van der Waals surface area contributed by atoms with Gasteiger partial charge >= 0.3 is 0 Å². The second-order valence-electron chi connectivity index (χ2n) is 2.17. The summed E-state index contributed by atoms with van der Waals surface area (Å²) >= 11 is 0. The van der Waals surface area contributed by atoms with E-state index in [1.807, 2.05) is 0 Å². The molecule has 0 heterocycles. The van der Waals surface area contributed by atoms with Gasteiger partial charge in [0.1, 0.15) is 0 Å². The summed E-state index contributed by atoms with van der Waals surface area (Å²) < 4.78 is 0. The molecule has 0 bridgehead atoms. The highest BCUT2D eigenvalue weighted by Crippen LogP contribution is 1.86. The first-order valence-corrected chi connectivity index (χ1v) is 3.81. The number of terminal acetylenes is 1. The van der Waals surface area contributed by atoms with Crippen LogP contribution in [-0.2, 0) is 4.79 Å². The molecule has 0 aliphatic heterocycles. The van der Waals surface area contributed by atoms with Crippen molar-refractivity contribution in [1.29, 1.82) is 0 Å². The predicted octanol–water partition coefficient (Wildman–Crippen LogP) is 0.495. The Hall–Kier alpha value is -1.85. The Morgan fingerprint density at radius 1 is 1.31 bits per heavy atom. The highest BCUT2D eigenvalue weighted by Gasteiger charge is 2.06. The summed E-state index contributed by atoms with van der Waals surface area (Å²) in [6.45, 7) is 3.91. The van der Waals surface area contributed by atoms with Crippen molar-refractivity contribution in [2.24, 2.45) is 0 Å². The zero-order valence-corrected chi connectivity index (χ0v) is 7.85. The summed E-state index contributed by atoms with van der Waals surface area (Å²) in [5, 5.41) is 0. The molecule has 0 rings (SSSR count). The normalized spacial score (nSPS) is 6.85. The molecule has 0 aliphatic carbocycles. The maximum Gasteiger partial charge on any atom is 0.300 e. The summed E-state index contributed by atoms with van der Waals surface area (Å²) in [5.74, 6) is 12.5. The Morgan fingerprint density at radius 2 is 2.00 bits per heavy atom. The zero-order chi connectivity index (χ0) is 10.1. The highest BCUT2D eigenvalue weighted by atomic mass is 16.2. The van der Waals surface area contributed by atoms with Crippen LogP contribution in [0.25, 0.3) is 0 Å². The van der Waals surface area contributed by atoms with Gasteiger partial charge in [-0.15, -0.1) is 12.3 Å². The van der Waals surface area contributed by atoms with Crippen molar-refractivity contribution in [1.82, 2.24) is 4.90 Å². The molecule has 0 N–H and O–H groups in total. The van der Waals surface area contributed by atoms with E-state index in [9.17, 15) is 4.79 Å². The third-order valence-corrected chi connectivity index (χ3v) is 1.25. The molecule has 0 radical (unpaired) electrons. The van der Waals surface area contributed by atoms with Crippen molar-refractivity contribution in [3.63, 3.8) is 0 Å². The number of hydrogen-bond acceptors (Lipinski definition) is 1. The van der Waals surface area contributed by atoms with Gasteiger partial charge in [0.2, 0.25) is 0 Å². The van der Waals surface area contributed by atoms with Crippen molar-refractivity contribution in [3.8, 4) is 36.0 Å². The van der Waals surface area contributed by atoms with Gasteiger partial charge in [-0.1, -0.05) is 17.8 Å². The molecule has 1 amide bonds. The molecule has 0 atom stereocenters. The summed E-state index contributed by atoms with van der Waals surface area (Å²) in [4.78, 5) is 12.7. The Balaban J connectivity index is 4.36. The Morgan fingerprint density at radius 3 is 2.46 bits per heavy atom. The Labute approximate surface area is 79.3 Å². The van der Waals surface area contributed by atoms with E-state index in [-0.39, 0.29) is 12.5 Å². The molecule has 0 unspecified atom stereocenters. The van der Waals surface area contributed by atoms with Crippen molar-refractivity contribution >= 4 is 5.91 Å². The van der Waals surface area contributed by atoms with Crippen LogP contribution in [0.15, 0.2) is 0 Å². The third-order valence-electron chi connectivity index (χ3n) is 1.25. The molecule has 0 fully saturated rings. The maximum absolute atomic E-state index is 11.2. The largest absolute Gasteiger partial charge is 0.310 e. The van der Waals surface area contributed by atoms with Crippen LogP contribution in [0.3, 0.4) is 0 Å². The minimum atomic E-state index is -0.275. The van der Waals surface area contributed by atoms with Gasteiger partial charge < -0.3 is 4.90 Å². The molecular weight excluding hydrogens is 162 g/mol. The molecule has 66 valence electrons. The summed E-state index contributed by atoms with van der Waals surface area (Å²) in [6, 6.07) is 0. The van der Waals surface area contributed by atoms with Gasteiger partial charge in [0.25, 0.3) is 5.91 Å². The van der Waals surface area contributed by atoms with E-state index in [1.54, 1.807) is 13.8 Å². The monoisotopic (exact) mass is 173 g/mol. The molecule has 0 aromatic carbocycles. The molecule has 0 saturated heterocycles. The molecule has 0 aromatic rings. The Kier molecular flexibility index (Phi) is 5.86. The lowest BCUT2D eigenvalue weighted by atomic mass is 10.4. The fourth-order valence-corrected chi connectivity index (χ4v) is 0.670. The number of rotatable bonds is 2. The topological polar surface area (TPSA) is 20.3 Å². The molecule has 0 aliphatic rings. The van der Waals surface area contributed by atoms with Crippen LogP contribution in [0, 0.1) is 36.0 Å². The van der Waals surface area contributed by atoms with Crippen molar-refractivity contribution in [2.45, 2.75) is 13.8 Å². The fraction of sp³-hybridized carbons (Fsp3) is 0.364. The minimum Gasteiger partial charge on any atom is -0.310 e. The minimum absolute atomic E-state index is 0.252. The number of amides is 1. The molecule has 0 saturated carbocycles. The van der Waals surface area contributed by atoms with E-state index in [0.717, 1.165) is 0 Å². The van der Waals surface area contributed by atoms with Gasteiger partial charge in [-0.05, 0) is 19.8 Å². The Bertz CT molecular complexity index is 327. The van der Waals surface area contributed by atoms with Crippen LogP contribution in [0.5, 0.6) is 0 Å². The van der Waals surface area contributed by atoms with Gasteiger partial charge in [0.15, 0.2) is 0 Å². The van der Waals surface area contributed by atoms with Crippen LogP contribution >= 0.6 is 0 Å². The summed E-state index contributed by atoms with van der Waals surface area (Å²) in [5.41, 5.74) is 0. The summed E-state index contributed by atoms with van der Waals surface area (Å²) in [7, 11) is 0. The van der Waals surface area contributed by atoms with Crippen molar-refractivity contribution < 1.29 is 4.79 Å². The van der Waals surface area contributed by atoms with Crippen molar-refractivity contribution in [3.05, 3.63) is 0 Å². The average Bonchev–Trinajstić information content (AvgIpc) is 2.12. The van der Waals surface area contributed by atoms with Crippen LogP contribution in [0.4, 0.5) is 0 Å². The quantitative estimate of drug-likeness (QED) is 0.557. The van der Waals surface area contributed by atoms with E-state index in [1.165, 1.54) is 4.90 Å². The molecule has 2 heteroatoms. The van der Waals surface area contributed by atoms with Gasteiger partial charge in [-0.3, -0.25) is 4.79 Å². The van der Waals surface area contributed by atoms with E-state index in [0.29, 0.717) is 6.54 Å². The maximum atomic E-state index is 11.2. The smallest absolute Gasteiger partial charge is 0.300 e. The molecule has 13 heavy (non-hydrogen) atoms. The van der Waals surface area contributed by atoms with Crippen molar-refractivity contribution in [2.75, 3.05) is 13.1 Å². The van der Waals surface area contributed by atoms with Crippen LogP contribution < -0.4 is 0 Å². The first-order valence-electron chi connectivity index (χ1n) is 3.81. The zero-order valence-electron chi connectivity index (χ0n) is 7.85. The number of nitrogens with zero attached hydrogens (tertiary/aromatic N) is 1. The van der Waals surface area contributed by atoms with Gasteiger partial charge in [-0.2, -0.15) is 0 Å². The average molecular weight is 173 g/mol. The molecule has 0 aromatic heterocycles. The lowest BCUT2D eigenvalue weighted by molar-refractivity contribution is -0.123. The highest BCUT2D eigenvalue weighted by molar-refractivity contribution is 5.93. The number of hydrogen-bond donors (Lipinski definition) is 0. The van der Waals surface area contributed by atoms with E-state index in [4.69, 9.17) is 6.42 Å². The van der Waals surface area contributed by atoms with Gasteiger partial charge in [-0.25, -0.2) is 0 Å². The van der Waals surface area contributed by atoms with Crippen LogP contribution in [0.2, 0.25) is 0 Å². The van der Waals surface area contributed by atoms with Gasteiger partial charge in [0, 0.05) is 0 Å². The number of carbonyl (C=O) groups excluding carboxylic acids is 1. The van der Waals surface area contributed by atoms with E-state index >= 15 is 0 Å². The second kappa shape index (κ2) is 6.84. The van der Waals surface area contributed by atoms with Crippen LogP contribution in [-0.4, -0.2) is 23.9 Å². The molecule has 0 spiro atoms. The molecular formula is C11H11NO. The lowest BCUT2D eigenvalue weighted by Gasteiger charge is -2.12. The third kappa shape index (κ3) is 4.57. The van der Waals surface area contributed by atoms with E-state index < -0.39 is 0 Å². The second-order valence-corrected chi connectivity index (χ2v) is 2.17. The van der Waals surface area contributed by atoms with Gasteiger partial charge in [0.05, 0.1) is 13.1 Å². The fourth-order valence-electron chi connectivity index (χ4n) is 0.670. The van der Waals surface area contributed by atoms with Crippen LogP contribution in [0.1, 0.15) is 13.8 Å². The first-order chi connectivity index (χ1) is 6.26. The standard InChI is InChI=1S/C11H11NO/c1-4-7-10-12(9-6-3)11(13)8-5-2/h3H,9-10H2,1-2H3. The SMILES string of the molecule is C#CCN(CC#CC)C(=O)C#CC.